The molecule has 3 heteroatoms. The van der Waals surface area contributed by atoms with E-state index in [1.54, 1.807) is 6.08 Å². The van der Waals surface area contributed by atoms with Crippen LogP contribution in [0.15, 0.2) is 36.4 Å². The molecule has 0 heterocycles. The molecule has 0 amide bonds. The molecule has 0 aromatic heterocycles. The average Bonchev–Trinajstić information content (AvgIpc) is 2.53. The molecule has 1 aliphatic rings. The van der Waals surface area contributed by atoms with E-state index in [9.17, 15) is 9.59 Å². The Kier molecular flexibility index (Phi) is 6.14. The molecular formula is C20H26O3. The van der Waals surface area contributed by atoms with E-state index in [4.69, 9.17) is 4.74 Å². The Morgan fingerprint density at radius 2 is 1.87 bits per heavy atom. The summed E-state index contributed by atoms with van der Waals surface area (Å²) in [6, 6.07) is 9.45. The van der Waals surface area contributed by atoms with Crippen LogP contribution >= 0.6 is 0 Å². The fourth-order valence-corrected chi connectivity index (χ4v) is 3.25. The number of ether oxygens (including phenoxy) is 1. The van der Waals surface area contributed by atoms with Crippen LogP contribution in [0.4, 0.5) is 0 Å². The lowest BCUT2D eigenvalue weighted by atomic mass is 9.75. The molecule has 1 aliphatic carbocycles. The van der Waals surface area contributed by atoms with E-state index in [1.165, 1.54) is 12.5 Å². The van der Waals surface area contributed by atoms with Gasteiger partial charge in [0.15, 0.2) is 0 Å². The van der Waals surface area contributed by atoms with E-state index >= 15 is 0 Å². The van der Waals surface area contributed by atoms with Gasteiger partial charge >= 0.3 is 5.97 Å². The SMILES string of the molecule is CC(C)[C@H]1CC[C@H](C)C[C@H]1OC(=O)C(=O)/C=C\c1ccccc1. The number of carbonyl (C=O) groups is 2. The van der Waals surface area contributed by atoms with Gasteiger partial charge in [0.05, 0.1) is 0 Å². The van der Waals surface area contributed by atoms with Crippen LogP contribution in [0, 0.1) is 17.8 Å². The molecule has 0 unspecified atom stereocenters. The molecule has 3 nitrogen and oxygen atoms in total. The predicted octanol–water partition coefficient (Wildman–Crippen LogP) is 4.27. The molecule has 23 heavy (non-hydrogen) atoms. The smallest absolute Gasteiger partial charge is 0.379 e. The van der Waals surface area contributed by atoms with Gasteiger partial charge in [-0.25, -0.2) is 4.79 Å². The number of hydrogen-bond donors (Lipinski definition) is 0. The number of rotatable bonds is 5. The van der Waals surface area contributed by atoms with E-state index in [1.807, 2.05) is 30.3 Å². The zero-order valence-corrected chi connectivity index (χ0v) is 14.2. The van der Waals surface area contributed by atoms with Gasteiger partial charge in [-0.3, -0.25) is 4.79 Å². The van der Waals surface area contributed by atoms with Crippen molar-refractivity contribution in [2.45, 2.75) is 46.1 Å². The maximum atomic E-state index is 12.1. The van der Waals surface area contributed by atoms with E-state index in [0.29, 0.717) is 17.8 Å². The van der Waals surface area contributed by atoms with Gasteiger partial charge in [0, 0.05) is 0 Å². The topological polar surface area (TPSA) is 43.4 Å². The minimum absolute atomic E-state index is 0.139. The van der Waals surface area contributed by atoms with Crippen LogP contribution in [0.5, 0.6) is 0 Å². The Labute approximate surface area is 138 Å². The van der Waals surface area contributed by atoms with Crippen molar-refractivity contribution in [1.29, 1.82) is 0 Å². The molecule has 1 aromatic rings. The summed E-state index contributed by atoms with van der Waals surface area (Å²) in [6.45, 7) is 6.48. The fraction of sp³-hybridized carbons (Fsp3) is 0.500. The van der Waals surface area contributed by atoms with Gasteiger partial charge in [-0.1, -0.05) is 63.6 Å². The summed E-state index contributed by atoms with van der Waals surface area (Å²) < 4.78 is 5.55. The molecule has 1 aromatic carbocycles. The molecule has 0 bridgehead atoms. The molecular weight excluding hydrogens is 288 g/mol. The summed E-state index contributed by atoms with van der Waals surface area (Å²) >= 11 is 0. The lowest BCUT2D eigenvalue weighted by Crippen LogP contribution is -2.37. The van der Waals surface area contributed by atoms with Gasteiger partial charge in [-0.2, -0.15) is 0 Å². The lowest BCUT2D eigenvalue weighted by Gasteiger charge is -2.36. The summed E-state index contributed by atoms with van der Waals surface area (Å²) in [5, 5.41) is 0. The number of benzene rings is 1. The predicted molar refractivity (Wildman–Crippen MR) is 91.7 cm³/mol. The molecule has 2 rings (SSSR count). The normalized spacial score (nSPS) is 24.8. The summed E-state index contributed by atoms with van der Waals surface area (Å²) in [4.78, 5) is 24.1. The third-order valence-electron chi connectivity index (χ3n) is 4.65. The monoisotopic (exact) mass is 314 g/mol. The highest BCUT2D eigenvalue weighted by Gasteiger charge is 2.34. The van der Waals surface area contributed by atoms with Gasteiger partial charge in [-0.15, -0.1) is 0 Å². The molecule has 124 valence electrons. The van der Waals surface area contributed by atoms with Gasteiger partial charge in [0.2, 0.25) is 0 Å². The lowest BCUT2D eigenvalue weighted by molar-refractivity contribution is -0.161. The van der Waals surface area contributed by atoms with Crippen LogP contribution in [0.3, 0.4) is 0 Å². The first-order valence-electron chi connectivity index (χ1n) is 8.45. The highest BCUT2D eigenvalue weighted by Crippen LogP contribution is 2.35. The Hall–Kier alpha value is -1.90. The zero-order chi connectivity index (χ0) is 16.8. The third kappa shape index (κ3) is 5.05. The van der Waals surface area contributed by atoms with Crippen LogP contribution in [0.1, 0.15) is 45.6 Å². The highest BCUT2D eigenvalue weighted by molar-refractivity contribution is 6.39. The first kappa shape index (κ1) is 17.5. The summed E-state index contributed by atoms with van der Waals surface area (Å²) in [6.07, 6.45) is 5.88. The average molecular weight is 314 g/mol. The minimum Gasteiger partial charge on any atom is -0.456 e. The second kappa shape index (κ2) is 8.09. The van der Waals surface area contributed by atoms with Crippen LogP contribution in [-0.2, 0) is 14.3 Å². The van der Waals surface area contributed by atoms with Crippen molar-refractivity contribution < 1.29 is 14.3 Å². The molecule has 3 atom stereocenters. The summed E-state index contributed by atoms with van der Waals surface area (Å²) in [5.41, 5.74) is 0.889. The third-order valence-corrected chi connectivity index (χ3v) is 4.65. The van der Waals surface area contributed by atoms with Crippen molar-refractivity contribution in [2.75, 3.05) is 0 Å². The first-order chi connectivity index (χ1) is 11.0. The van der Waals surface area contributed by atoms with E-state index in [-0.39, 0.29) is 6.10 Å². The van der Waals surface area contributed by atoms with Crippen molar-refractivity contribution in [2.24, 2.45) is 17.8 Å². The second-order valence-electron chi connectivity index (χ2n) is 6.88. The Balaban J connectivity index is 1.96. The molecule has 0 N–H and O–H groups in total. The highest BCUT2D eigenvalue weighted by atomic mass is 16.5. The Morgan fingerprint density at radius 3 is 2.52 bits per heavy atom. The van der Waals surface area contributed by atoms with Crippen LogP contribution in [0.2, 0.25) is 0 Å². The first-order valence-corrected chi connectivity index (χ1v) is 8.45. The van der Waals surface area contributed by atoms with Gasteiger partial charge in [0.1, 0.15) is 6.10 Å². The zero-order valence-electron chi connectivity index (χ0n) is 14.2. The summed E-state index contributed by atoms with van der Waals surface area (Å²) in [5.74, 6) is 0.0191. The van der Waals surface area contributed by atoms with E-state index in [2.05, 4.69) is 20.8 Å². The Bertz CT molecular complexity index is 560. The molecule has 1 fully saturated rings. The van der Waals surface area contributed by atoms with Gasteiger partial charge < -0.3 is 4.74 Å². The molecule has 0 aliphatic heterocycles. The molecule has 1 saturated carbocycles. The van der Waals surface area contributed by atoms with E-state index in [0.717, 1.165) is 18.4 Å². The maximum absolute atomic E-state index is 12.1. The summed E-state index contributed by atoms with van der Waals surface area (Å²) in [7, 11) is 0. The number of carbonyl (C=O) groups excluding carboxylic acids is 2. The van der Waals surface area contributed by atoms with Gasteiger partial charge in [0.25, 0.3) is 5.78 Å². The number of esters is 1. The number of hydrogen-bond acceptors (Lipinski definition) is 3. The largest absolute Gasteiger partial charge is 0.456 e. The van der Waals surface area contributed by atoms with E-state index < -0.39 is 11.8 Å². The second-order valence-corrected chi connectivity index (χ2v) is 6.88. The van der Waals surface area contributed by atoms with Crippen molar-refractivity contribution >= 4 is 17.8 Å². The quantitative estimate of drug-likeness (QED) is 0.463. The minimum atomic E-state index is -0.734. The maximum Gasteiger partial charge on any atom is 0.379 e. The van der Waals surface area contributed by atoms with Crippen molar-refractivity contribution in [1.82, 2.24) is 0 Å². The van der Waals surface area contributed by atoms with Crippen molar-refractivity contribution in [3.63, 3.8) is 0 Å². The standard InChI is InChI=1S/C20H26O3/c1-14(2)17-11-9-15(3)13-19(17)23-20(22)18(21)12-10-16-7-5-4-6-8-16/h4-8,10,12,14-15,17,19H,9,11,13H2,1-3H3/b12-10-/t15-,17+,19+/m0/s1. The Morgan fingerprint density at radius 1 is 1.17 bits per heavy atom. The van der Waals surface area contributed by atoms with Crippen molar-refractivity contribution in [3.8, 4) is 0 Å². The van der Waals surface area contributed by atoms with Crippen LogP contribution in [0.25, 0.3) is 6.08 Å². The molecule has 0 spiro atoms. The van der Waals surface area contributed by atoms with Crippen LogP contribution in [-0.4, -0.2) is 17.9 Å². The molecule has 0 radical (unpaired) electrons. The van der Waals surface area contributed by atoms with Gasteiger partial charge in [-0.05, 0) is 42.2 Å². The number of ketones is 1. The fourth-order valence-electron chi connectivity index (χ4n) is 3.25. The van der Waals surface area contributed by atoms with Crippen molar-refractivity contribution in [3.05, 3.63) is 42.0 Å². The van der Waals surface area contributed by atoms with Crippen LogP contribution < -0.4 is 0 Å². The molecule has 0 saturated heterocycles.